The van der Waals surface area contributed by atoms with Gasteiger partial charge in [-0.25, -0.2) is 10.8 Å². The van der Waals surface area contributed by atoms with Crippen molar-refractivity contribution in [2.75, 3.05) is 37.0 Å². The van der Waals surface area contributed by atoms with Crippen LogP contribution in [0.2, 0.25) is 10.0 Å². The molecule has 1 aromatic rings. The van der Waals surface area contributed by atoms with Crippen LogP contribution in [0, 0.1) is 0 Å². The molecule has 0 saturated carbocycles. The van der Waals surface area contributed by atoms with Crippen LogP contribution in [0.15, 0.2) is 6.07 Å². The molecule has 2 heterocycles. The molecule has 0 bridgehead atoms. The third-order valence-corrected chi connectivity index (χ3v) is 3.93. The number of halogens is 2. The number of pyridine rings is 1. The van der Waals surface area contributed by atoms with Gasteiger partial charge in [-0.1, -0.05) is 23.2 Å². The molecule has 19 heavy (non-hydrogen) atoms. The first-order chi connectivity index (χ1) is 9.02. The van der Waals surface area contributed by atoms with Crippen molar-refractivity contribution in [2.24, 2.45) is 5.84 Å². The van der Waals surface area contributed by atoms with Crippen molar-refractivity contribution in [3.05, 3.63) is 16.1 Å². The van der Waals surface area contributed by atoms with Crippen molar-refractivity contribution in [2.45, 2.75) is 19.4 Å². The van der Waals surface area contributed by atoms with E-state index in [4.69, 9.17) is 29.0 Å². The first-order valence-electron chi connectivity index (χ1n) is 6.30. The van der Waals surface area contributed by atoms with E-state index in [0.29, 0.717) is 21.9 Å². The number of likely N-dealkylation sites (N-methyl/N-ethyl adjacent to an activating group) is 1. The lowest BCUT2D eigenvalue weighted by Gasteiger charge is -2.30. The van der Waals surface area contributed by atoms with Crippen LogP contribution >= 0.6 is 23.2 Å². The number of anilines is 2. The fourth-order valence-electron chi connectivity index (χ4n) is 2.45. The van der Waals surface area contributed by atoms with Crippen LogP contribution in [-0.2, 0) is 0 Å². The molecule has 1 aliphatic rings. The van der Waals surface area contributed by atoms with Gasteiger partial charge >= 0.3 is 0 Å². The molecule has 3 N–H and O–H groups in total. The Labute approximate surface area is 123 Å². The second-order valence-corrected chi connectivity index (χ2v) is 5.74. The summed E-state index contributed by atoms with van der Waals surface area (Å²) in [5.74, 6) is 6.61. The first-order valence-corrected chi connectivity index (χ1v) is 7.06. The van der Waals surface area contributed by atoms with E-state index in [1.54, 1.807) is 6.07 Å². The monoisotopic (exact) mass is 303 g/mol. The highest BCUT2D eigenvalue weighted by Gasteiger charge is 2.23. The van der Waals surface area contributed by atoms with Gasteiger partial charge in [0.2, 0.25) is 0 Å². The summed E-state index contributed by atoms with van der Waals surface area (Å²) in [4.78, 5) is 8.97. The number of aromatic nitrogens is 1. The highest BCUT2D eigenvalue weighted by Crippen LogP contribution is 2.32. The van der Waals surface area contributed by atoms with E-state index in [9.17, 15) is 0 Å². The van der Waals surface area contributed by atoms with Crippen LogP contribution < -0.4 is 16.2 Å². The van der Waals surface area contributed by atoms with Crippen molar-refractivity contribution in [1.29, 1.82) is 0 Å². The number of nitrogens with one attached hydrogen (secondary N) is 1. The highest BCUT2D eigenvalue weighted by atomic mass is 35.5. The molecule has 2 rings (SSSR count). The molecule has 0 aliphatic carbocycles. The summed E-state index contributed by atoms with van der Waals surface area (Å²) in [7, 11) is 2.13. The van der Waals surface area contributed by atoms with Gasteiger partial charge in [-0.05, 0) is 33.0 Å². The van der Waals surface area contributed by atoms with Gasteiger partial charge in [0.1, 0.15) is 5.82 Å². The van der Waals surface area contributed by atoms with Gasteiger partial charge in [-0.2, -0.15) is 0 Å². The van der Waals surface area contributed by atoms with E-state index < -0.39 is 0 Å². The third-order valence-electron chi connectivity index (χ3n) is 3.37. The lowest BCUT2D eigenvalue weighted by Crippen LogP contribution is -2.38. The Kier molecular flexibility index (Phi) is 4.73. The zero-order valence-corrected chi connectivity index (χ0v) is 12.7. The number of rotatable bonds is 2. The van der Waals surface area contributed by atoms with E-state index in [0.717, 1.165) is 31.9 Å². The fraction of sp³-hybridized carbons (Fsp3) is 0.583. The van der Waals surface area contributed by atoms with Gasteiger partial charge in [0, 0.05) is 19.1 Å². The fourth-order valence-corrected chi connectivity index (χ4v) is 2.97. The number of hydrazine groups is 1. The quantitative estimate of drug-likeness (QED) is 0.648. The molecule has 1 aromatic heterocycles. The van der Waals surface area contributed by atoms with Crippen LogP contribution in [-0.4, -0.2) is 42.6 Å². The van der Waals surface area contributed by atoms with Crippen molar-refractivity contribution in [3.63, 3.8) is 0 Å². The molecule has 1 fully saturated rings. The number of nitrogens with two attached hydrogens (primary N) is 1. The van der Waals surface area contributed by atoms with E-state index >= 15 is 0 Å². The maximum absolute atomic E-state index is 6.28. The summed E-state index contributed by atoms with van der Waals surface area (Å²) in [6.07, 6.45) is 1.08. The molecule has 0 aromatic carbocycles. The molecular formula is C12H19Cl2N5. The molecule has 1 saturated heterocycles. The molecule has 7 heteroatoms. The first kappa shape index (κ1) is 14.7. The van der Waals surface area contributed by atoms with E-state index in [2.05, 4.69) is 34.2 Å². The van der Waals surface area contributed by atoms with E-state index in [-0.39, 0.29) is 0 Å². The van der Waals surface area contributed by atoms with Crippen molar-refractivity contribution in [3.8, 4) is 0 Å². The second-order valence-electron chi connectivity index (χ2n) is 4.93. The molecule has 0 amide bonds. The normalized spacial score (nSPS) is 21.3. The summed E-state index contributed by atoms with van der Waals surface area (Å²) in [6.45, 7) is 5.15. The van der Waals surface area contributed by atoms with Crippen LogP contribution in [0.5, 0.6) is 0 Å². The number of nitrogen functional groups attached to an aromatic ring is 1. The van der Waals surface area contributed by atoms with Gasteiger partial charge in [0.05, 0.1) is 10.0 Å². The second kappa shape index (κ2) is 6.13. The Hall–Kier alpha value is -0.750. The van der Waals surface area contributed by atoms with Gasteiger partial charge in [-0.3, -0.25) is 0 Å². The summed E-state index contributed by atoms with van der Waals surface area (Å²) >= 11 is 12.3. The maximum atomic E-state index is 6.28. The molecule has 106 valence electrons. The summed E-state index contributed by atoms with van der Waals surface area (Å²) in [5.41, 5.74) is 2.50. The van der Waals surface area contributed by atoms with Gasteiger partial charge in [0.15, 0.2) is 5.82 Å². The Bertz CT molecular complexity index is 454. The maximum Gasteiger partial charge on any atom is 0.161 e. The van der Waals surface area contributed by atoms with Crippen molar-refractivity contribution >= 4 is 34.8 Å². The predicted molar refractivity (Wildman–Crippen MR) is 81.0 cm³/mol. The van der Waals surface area contributed by atoms with E-state index in [1.807, 2.05) is 0 Å². The lowest BCUT2D eigenvalue weighted by atomic mass is 10.2. The average molecular weight is 304 g/mol. The Morgan fingerprint density at radius 3 is 2.79 bits per heavy atom. The number of hydrogen-bond acceptors (Lipinski definition) is 5. The topological polar surface area (TPSA) is 57.4 Å². The summed E-state index contributed by atoms with van der Waals surface area (Å²) < 4.78 is 0. The zero-order valence-electron chi connectivity index (χ0n) is 11.2. The van der Waals surface area contributed by atoms with Gasteiger partial charge in [0.25, 0.3) is 0 Å². The number of hydrogen-bond donors (Lipinski definition) is 2. The molecule has 1 unspecified atom stereocenters. The SMILES string of the molecule is CC1CN(C)CCCN1c1nc(NN)c(Cl)cc1Cl. The smallest absolute Gasteiger partial charge is 0.161 e. The van der Waals surface area contributed by atoms with Crippen LogP contribution in [0.4, 0.5) is 11.6 Å². The van der Waals surface area contributed by atoms with Crippen molar-refractivity contribution in [1.82, 2.24) is 9.88 Å². The number of nitrogens with zero attached hydrogens (tertiary/aromatic N) is 3. The Balaban J connectivity index is 2.34. The van der Waals surface area contributed by atoms with Crippen LogP contribution in [0.3, 0.4) is 0 Å². The Morgan fingerprint density at radius 1 is 1.37 bits per heavy atom. The molecule has 0 radical (unpaired) electrons. The summed E-state index contributed by atoms with van der Waals surface area (Å²) in [5, 5.41) is 0.983. The minimum atomic E-state index is 0.337. The van der Waals surface area contributed by atoms with Gasteiger partial charge in [-0.15, -0.1) is 0 Å². The Morgan fingerprint density at radius 2 is 2.11 bits per heavy atom. The molecule has 1 atom stereocenters. The molecular weight excluding hydrogens is 285 g/mol. The molecule has 1 aliphatic heterocycles. The minimum Gasteiger partial charge on any atom is -0.351 e. The standard InChI is InChI=1S/C12H19Cl2N5/c1-8-7-18(2)4-3-5-19(8)12-10(14)6-9(13)11(16-12)17-15/h6,8H,3-5,7,15H2,1-2H3,(H,16,17). The minimum absolute atomic E-state index is 0.337. The van der Waals surface area contributed by atoms with Crippen molar-refractivity contribution < 1.29 is 0 Å². The highest BCUT2D eigenvalue weighted by molar-refractivity contribution is 6.37. The summed E-state index contributed by atoms with van der Waals surface area (Å²) in [6, 6.07) is 2.02. The van der Waals surface area contributed by atoms with E-state index in [1.165, 1.54) is 0 Å². The molecule has 5 nitrogen and oxygen atoms in total. The van der Waals surface area contributed by atoms with Crippen LogP contribution in [0.1, 0.15) is 13.3 Å². The van der Waals surface area contributed by atoms with Crippen LogP contribution in [0.25, 0.3) is 0 Å². The third kappa shape index (κ3) is 3.23. The average Bonchev–Trinajstić information content (AvgIpc) is 2.51. The van der Waals surface area contributed by atoms with Gasteiger partial charge < -0.3 is 15.2 Å². The molecule has 0 spiro atoms. The zero-order chi connectivity index (χ0) is 14.0. The predicted octanol–water partition coefficient (Wildman–Crippen LogP) is 2.20. The lowest BCUT2D eigenvalue weighted by molar-refractivity contribution is 0.337. The largest absolute Gasteiger partial charge is 0.351 e.